The lowest BCUT2D eigenvalue weighted by atomic mass is 9.99. The molecule has 0 aliphatic carbocycles. The first-order valence-corrected chi connectivity index (χ1v) is 6.54. The topological polar surface area (TPSA) is 47.9 Å². The number of piperidine rings is 1. The summed E-state index contributed by atoms with van der Waals surface area (Å²) in [6, 6.07) is 0. The number of amides is 1. The quantitative estimate of drug-likeness (QED) is 0.773. The normalized spacial score (nSPS) is 27.2. The van der Waals surface area contributed by atoms with E-state index in [9.17, 15) is 4.79 Å². The highest BCUT2D eigenvalue weighted by atomic mass is 16.2. The number of hydrazone groups is 1. The second-order valence-electron chi connectivity index (χ2n) is 4.97. The van der Waals surface area contributed by atoms with Crippen molar-refractivity contribution < 1.29 is 4.79 Å². The number of amidine groups is 1. The highest BCUT2D eigenvalue weighted by Gasteiger charge is 2.27. The maximum absolute atomic E-state index is 12.0. The van der Waals surface area contributed by atoms with Crippen LogP contribution < -0.4 is 5.32 Å². The van der Waals surface area contributed by atoms with Crippen molar-refractivity contribution in [3.05, 3.63) is 24.4 Å². The summed E-state index contributed by atoms with van der Waals surface area (Å²) in [6.07, 6.45) is 10.1. The van der Waals surface area contributed by atoms with Crippen molar-refractivity contribution in [2.75, 3.05) is 26.2 Å². The predicted octanol–water partition coefficient (Wildman–Crippen LogP) is 0.527. The molecular formula is C13H18N4O. The Labute approximate surface area is 107 Å². The molecule has 18 heavy (non-hydrogen) atoms. The summed E-state index contributed by atoms with van der Waals surface area (Å²) in [7, 11) is 0. The van der Waals surface area contributed by atoms with Gasteiger partial charge in [0, 0.05) is 12.7 Å². The molecule has 1 amide bonds. The van der Waals surface area contributed by atoms with E-state index in [0.717, 1.165) is 25.5 Å². The zero-order valence-electron chi connectivity index (χ0n) is 10.4. The standard InChI is InChI=1S/C13H18N4O/c18-13-10-16-7-2-1-5-12(16)15-17(13)9-11-4-3-6-14-8-11/h1-2,5,7,11,14H,3-4,6,8-10H2. The van der Waals surface area contributed by atoms with E-state index in [0.29, 0.717) is 12.5 Å². The summed E-state index contributed by atoms with van der Waals surface area (Å²) in [4.78, 5) is 13.9. The first kappa shape index (κ1) is 11.5. The molecular weight excluding hydrogens is 228 g/mol. The molecule has 0 spiro atoms. The summed E-state index contributed by atoms with van der Waals surface area (Å²) >= 11 is 0. The molecule has 1 saturated heterocycles. The number of rotatable bonds is 2. The first-order chi connectivity index (χ1) is 8.83. The van der Waals surface area contributed by atoms with Crippen LogP contribution in [0.1, 0.15) is 12.8 Å². The van der Waals surface area contributed by atoms with Crippen LogP contribution in [0.4, 0.5) is 0 Å². The number of fused-ring (bicyclic) bond motifs is 1. The van der Waals surface area contributed by atoms with E-state index in [1.807, 2.05) is 29.3 Å². The molecule has 0 radical (unpaired) electrons. The van der Waals surface area contributed by atoms with Crippen molar-refractivity contribution in [2.24, 2.45) is 11.0 Å². The Bertz CT molecular complexity index is 421. The molecule has 96 valence electrons. The molecule has 3 rings (SSSR count). The molecule has 0 aromatic carbocycles. The van der Waals surface area contributed by atoms with E-state index in [1.54, 1.807) is 5.01 Å². The van der Waals surface area contributed by atoms with Crippen LogP contribution in [0.3, 0.4) is 0 Å². The Balaban J connectivity index is 1.70. The minimum atomic E-state index is 0.0873. The molecule has 5 heteroatoms. The molecule has 3 heterocycles. The van der Waals surface area contributed by atoms with Crippen LogP contribution in [0.15, 0.2) is 29.5 Å². The lowest BCUT2D eigenvalue weighted by Gasteiger charge is -2.33. The molecule has 1 fully saturated rings. The van der Waals surface area contributed by atoms with Crippen molar-refractivity contribution in [1.29, 1.82) is 0 Å². The summed E-state index contributed by atoms with van der Waals surface area (Å²) in [5, 5.41) is 9.46. The number of nitrogens with zero attached hydrogens (tertiary/aromatic N) is 3. The number of nitrogens with one attached hydrogen (secondary N) is 1. The Morgan fingerprint density at radius 1 is 1.44 bits per heavy atom. The van der Waals surface area contributed by atoms with Gasteiger partial charge < -0.3 is 10.2 Å². The lowest BCUT2D eigenvalue weighted by Crippen LogP contribution is -2.47. The zero-order valence-corrected chi connectivity index (χ0v) is 10.4. The highest BCUT2D eigenvalue weighted by molar-refractivity contribution is 6.00. The van der Waals surface area contributed by atoms with E-state index >= 15 is 0 Å². The smallest absolute Gasteiger partial charge is 0.262 e. The van der Waals surface area contributed by atoms with Gasteiger partial charge in [0.15, 0.2) is 5.84 Å². The lowest BCUT2D eigenvalue weighted by molar-refractivity contribution is -0.133. The van der Waals surface area contributed by atoms with E-state index in [4.69, 9.17) is 0 Å². The minimum absolute atomic E-state index is 0.0873. The fourth-order valence-electron chi connectivity index (χ4n) is 2.57. The fourth-order valence-corrected chi connectivity index (χ4v) is 2.57. The van der Waals surface area contributed by atoms with Gasteiger partial charge in [0.05, 0.1) is 0 Å². The molecule has 1 unspecified atom stereocenters. The van der Waals surface area contributed by atoms with Crippen LogP contribution in [-0.2, 0) is 4.79 Å². The van der Waals surface area contributed by atoms with Gasteiger partial charge in [0.2, 0.25) is 0 Å². The van der Waals surface area contributed by atoms with E-state index in [-0.39, 0.29) is 5.91 Å². The molecule has 0 bridgehead atoms. The Hall–Kier alpha value is -1.62. The molecule has 0 aromatic heterocycles. The van der Waals surface area contributed by atoms with Crippen molar-refractivity contribution in [2.45, 2.75) is 12.8 Å². The monoisotopic (exact) mass is 246 g/mol. The minimum Gasteiger partial charge on any atom is -0.322 e. The fraction of sp³-hybridized carbons (Fsp3) is 0.538. The zero-order chi connectivity index (χ0) is 12.4. The van der Waals surface area contributed by atoms with Gasteiger partial charge in [-0.05, 0) is 44.0 Å². The Kier molecular flexibility index (Phi) is 3.15. The first-order valence-electron chi connectivity index (χ1n) is 6.54. The van der Waals surface area contributed by atoms with Gasteiger partial charge in [0.1, 0.15) is 6.54 Å². The average Bonchev–Trinajstić information content (AvgIpc) is 2.41. The second kappa shape index (κ2) is 4.94. The summed E-state index contributed by atoms with van der Waals surface area (Å²) in [5.41, 5.74) is 0. The van der Waals surface area contributed by atoms with Gasteiger partial charge in [-0.3, -0.25) is 4.79 Å². The van der Waals surface area contributed by atoms with E-state index in [2.05, 4.69) is 10.4 Å². The van der Waals surface area contributed by atoms with Gasteiger partial charge in [-0.15, -0.1) is 0 Å². The third kappa shape index (κ3) is 2.31. The van der Waals surface area contributed by atoms with Crippen LogP contribution in [0, 0.1) is 5.92 Å². The summed E-state index contributed by atoms with van der Waals surface area (Å²) in [6.45, 7) is 3.23. The molecule has 1 N–H and O–H groups in total. The van der Waals surface area contributed by atoms with E-state index in [1.165, 1.54) is 12.8 Å². The van der Waals surface area contributed by atoms with Crippen LogP contribution in [0.5, 0.6) is 0 Å². The molecule has 0 aromatic rings. The largest absolute Gasteiger partial charge is 0.322 e. The van der Waals surface area contributed by atoms with Crippen LogP contribution in [0.2, 0.25) is 0 Å². The van der Waals surface area contributed by atoms with Gasteiger partial charge in [-0.25, -0.2) is 5.01 Å². The third-order valence-corrected chi connectivity index (χ3v) is 3.56. The van der Waals surface area contributed by atoms with Crippen molar-refractivity contribution in [3.63, 3.8) is 0 Å². The number of allylic oxidation sites excluding steroid dienone is 2. The van der Waals surface area contributed by atoms with Gasteiger partial charge >= 0.3 is 0 Å². The molecule has 3 aliphatic heterocycles. The van der Waals surface area contributed by atoms with E-state index < -0.39 is 0 Å². The summed E-state index contributed by atoms with van der Waals surface area (Å²) < 4.78 is 0. The number of hydrogen-bond donors (Lipinski definition) is 1. The highest BCUT2D eigenvalue weighted by Crippen LogP contribution is 2.16. The van der Waals surface area contributed by atoms with Crippen LogP contribution in [0.25, 0.3) is 0 Å². The second-order valence-corrected chi connectivity index (χ2v) is 4.97. The number of carbonyl (C=O) groups is 1. The Morgan fingerprint density at radius 2 is 2.39 bits per heavy atom. The van der Waals surface area contributed by atoms with Gasteiger partial charge in [-0.1, -0.05) is 6.08 Å². The molecule has 0 saturated carbocycles. The third-order valence-electron chi connectivity index (χ3n) is 3.56. The van der Waals surface area contributed by atoms with Crippen molar-refractivity contribution >= 4 is 11.7 Å². The average molecular weight is 246 g/mol. The van der Waals surface area contributed by atoms with Crippen LogP contribution >= 0.6 is 0 Å². The maximum atomic E-state index is 12.0. The van der Waals surface area contributed by atoms with Crippen molar-refractivity contribution in [3.8, 4) is 0 Å². The van der Waals surface area contributed by atoms with Gasteiger partial charge in [0.25, 0.3) is 5.91 Å². The predicted molar refractivity (Wildman–Crippen MR) is 69.7 cm³/mol. The van der Waals surface area contributed by atoms with Crippen molar-refractivity contribution in [1.82, 2.24) is 15.2 Å². The van der Waals surface area contributed by atoms with Gasteiger partial charge in [-0.2, -0.15) is 5.10 Å². The SMILES string of the molecule is O=C1CN2C=CC=CC2=NN1CC1CCCNC1. The molecule has 5 nitrogen and oxygen atoms in total. The van der Waals surface area contributed by atoms with Crippen LogP contribution in [-0.4, -0.2) is 47.8 Å². The number of hydrogen-bond acceptors (Lipinski definition) is 4. The number of carbonyl (C=O) groups excluding carboxylic acids is 1. The molecule has 3 aliphatic rings. The Morgan fingerprint density at radius 3 is 3.22 bits per heavy atom. The maximum Gasteiger partial charge on any atom is 0.262 e. The summed E-state index contributed by atoms with van der Waals surface area (Å²) in [5.74, 6) is 1.48. The molecule has 1 atom stereocenters.